The van der Waals surface area contributed by atoms with Gasteiger partial charge in [0.1, 0.15) is 11.6 Å². The van der Waals surface area contributed by atoms with Gasteiger partial charge in [-0.15, -0.1) is 0 Å². The highest BCUT2D eigenvalue weighted by atomic mass is 16.5. The number of carbonyl (C=O) groups is 1. The van der Waals surface area contributed by atoms with Gasteiger partial charge in [0.05, 0.1) is 30.5 Å². The number of ether oxygens (including phenoxy) is 1. The lowest BCUT2D eigenvalue weighted by atomic mass is 9.85. The fraction of sp³-hybridized carbons (Fsp3) is 0.400. The lowest BCUT2D eigenvalue weighted by Gasteiger charge is -2.25. The number of nitriles is 1. The third kappa shape index (κ3) is 2.97. The highest BCUT2D eigenvalue weighted by Crippen LogP contribution is 2.43. The molecule has 2 aliphatic rings. The SMILES string of the molecule is COc1nccc(N2CCC3(CCN(Cc4ccccn4)C3=O)C2)c1C#N. The minimum Gasteiger partial charge on any atom is -0.480 e. The van der Waals surface area contributed by atoms with E-state index >= 15 is 0 Å². The molecule has 0 aromatic carbocycles. The summed E-state index contributed by atoms with van der Waals surface area (Å²) in [6, 6.07) is 9.78. The van der Waals surface area contributed by atoms with Crippen LogP contribution in [-0.2, 0) is 11.3 Å². The Morgan fingerprint density at radius 2 is 2.07 bits per heavy atom. The second-order valence-corrected chi connectivity index (χ2v) is 7.08. The number of anilines is 1. The predicted molar refractivity (Wildman–Crippen MR) is 99.0 cm³/mol. The van der Waals surface area contributed by atoms with Crippen LogP contribution in [0.3, 0.4) is 0 Å². The van der Waals surface area contributed by atoms with Crippen LogP contribution in [0.1, 0.15) is 24.1 Å². The largest absolute Gasteiger partial charge is 0.480 e. The van der Waals surface area contributed by atoms with Crippen LogP contribution in [0.4, 0.5) is 5.69 Å². The van der Waals surface area contributed by atoms with Crippen LogP contribution in [0.25, 0.3) is 0 Å². The molecule has 4 heterocycles. The quantitative estimate of drug-likeness (QED) is 0.826. The summed E-state index contributed by atoms with van der Waals surface area (Å²) in [5, 5.41) is 9.53. The van der Waals surface area contributed by atoms with Gasteiger partial charge in [-0.05, 0) is 31.0 Å². The molecule has 0 bridgehead atoms. The van der Waals surface area contributed by atoms with Gasteiger partial charge in [0, 0.05) is 32.0 Å². The maximum atomic E-state index is 13.2. The van der Waals surface area contributed by atoms with Crippen molar-refractivity contribution >= 4 is 11.6 Å². The fourth-order valence-electron chi connectivity index (χ4n) is 4.14. The summed E-state index contributed by atoms with van der Waals surface area (Å²) in [6.45, 7) is 2.65. The summed E-state index contributed by atoms with van der Waals surface area (Å²) < 4.78 is 5.22. The van der Waals surface area contributed by atoms with Crippen LogP contribution in [0, 0.1) is 16.7 Å². The van der Waals surface area contributed by atoms with E-state index in [1.807, 2.05) is 29.2 Å². The number of pyridine rings is 2. The van der Waals surface area contributed by atoms with Gasteiger partial charge in [-0.1, -0.05) is 6.07 Å². The second-order valence-electron chi connectivity index (χ2n) is 7.08. The first-order valence-electron chi connectivity index (χ1n) is 9.04. The molecular formula is C20H21N5O2. The molecule has 7 nitrogen and oxygen atoms in total. The number of hydrogen-bond donors (Lipinski definition) is 0. The van der Waals surface area contributed by atoms with Crippen LogP contribution < -0.4 is 9.64 Å². The number of nitrogens with zero attached hydrogens (tertiary/aromatic N) is 5. The van der Waals surface area contributed by atoms with Gasteiger partial charge in [-0.3, -0.25) is 9.78 Å². The first-order valence-corrected chi connectivity index (χ1v) is 9.04. The van der Waals surface area contributed by atoms with Gasteiger partial charge < -0.3 is 14.5 Å². The molecule has 0 N–H and O–H groups in total. The summed E-state index contributed by atoms with van der Waals surface area (Å²) >= 11 is 0. The molecular weight excluding hydrogens is 342 g/mol. The normalized spacial score (nSPS) is 21.7. The highest BCUT2D eigenvalue weighted by Gasteiger charge is 2.51. The van der Waals surface area contributed by atoms with Crippen molar-refractivity contribution in [1.29, 1.82) is 5.26 Å². The number of carbonyl (C=O) groups excluding carboxylic acids is 1. The van der Waals surface area contributed by atoms with Gasteiger partial charge in [0.15, 0.2) is 0 Å². The third-order valence-electron chi connectivity index (χ3n) is 5.57. The van der Waals surface area contributed by atoms with Gasteiger partial charge in [0.25, 0.3) is 0 Å². The van der Waals surface area contributed by atoms with Crippen molar-refractivity contribution in [3.8, 4) is 11.9 Å². The first-order chi connectivity index (χ1) is 13.2. The number of amides is 1. The number of hydrogen-bond acceptors (Lipinski definition) is 6. The molecule has 1 unspecified atom stereocenters. The smallest absolute Gasteiger partial charge is 0.233 e. The monoisotopic (exact) mass is 363 g/mol. The molecule has 0 saturated carbocycles. The van der Waals surface area contributed by atoms with Crippen LogP contribution >= 0.6 is 0 Å². The Morgan fingerprint density at radius 3 is 2.81 bits per heavy atom. The maximum absolute atomic E-state index is 13.2. The Kier molecular flexibility index (Phi) is 4.40. The molecule has 2 aliphatic heterocycles. The van der Waals surface area contributed by atoms with Gasteiger partial charge in [0.2, 0.25) is 11.8 Å². The number of methoxy groups -OCH3 is 1. The lowest BCUT2D eigenvalue weighted by molar-refractivity contribution is -0.135. The Bertz CT molecular complexity index is 895. The average molecular weight is 363 g/mol. The molecule has 2 aromatic rings. The predicted octanol–water partition coefficient (Wildman–Crippen LogP) is 1.99. The van der Waals surface area contributed by atoms with E-state index in [0.717, 1.165) is 37.3 Å². The number of likely N-dealkylation sites (tertiary alicyclic amines) is 1. The van der Waals surface area contributed by atoms with Crippen molar-refractivity contribution < 1.29 is 9.53 Å². The molecule has 2 fully saturated rings. The van der Waals surface area contributed by atoms with Crippen molar-refractivity contribution in [3.05, 3.63) is 47.9 Å². The van der Waals surface area contributed by atoms with E-state index in [-0.39, 0.29) is 11.3 Å². The summed E-state index contributed by atoms with van der Waals surface area (Å²) in [5.41, 5.74) is 1.74. The van der Waals surface area contributed by atoms with Crippen LogP contribution in [0.2, 0.25) is 0 Å². The molecule has 0 aliphatic carbocycles. The summed E-state index contributed by atoms with van der Waals surface area (Å²) in [4.78, 5) is 25.6. The third-order valence-corrected chi connectivity index (χ3v) is 5.57. The van der Waals surface area contributed by atoms with Crippen LogP contribution in [-0.4, -0.2) is 47.5 Å². The average Bonchev–Trinajstić information content (AvgIpc) is 3.28. The van der Waals surface area contributed by atoms with E-state index in [1.165, 1.54) is 7.11 Å². The Labute approximate surface area is 158 Å². The van der Waals surface area contributed by atoms with Crippen molar-refractivity contribution in [1.82, 2.24) is 14.9 Å². The second kappa shape index (κ2) is 6.88. The zero-order chi connectivity index (χ0) is 18.9. The van der Waals surface area contributed by atoms with Gasteiger partial charge >= 0.3 is 0 Å². The fourth-order valence-corrected chi connectivity index (χ4v) is 4.14. The van der Waals surface area contributed by atoms with E-state index in [1.54, 1.807) is 12.4 Å². The van der Waals surface area contributed by atoms with Crippen LogP contribution in [0.15, 0.2) is 36.7 Å². The van der Waals surface area contributed by atoms with E-state index in [9.17, 15) is 10.1 Å². The minimum absolute atomic E-state index is 0.190. The van der Waals surface area contributed by atoms with E-state index in [4.69, 9.17) is 4.74 Å². The molecule has 1 atom stereocenters. The molecule has 4 rings (SSSR count). The first kappa shape index (κ1) is 17.3. The zero-order valence-corrected chi connectivity index (χ0v) is 15.3. The topological polar surface area (TPSA) is 82.3 Å². The number of rotatable bonds is 4. The van der Waals surface area contributed by atoms with E-state index in [2.05, 4.69) is 20.9 Å². The summed E-state index contributed by atoms with van der Waals surface area (Å²) in [5.74, 6) is 0.514. The zero-order valence-electron chi connectivity index (χ0n) is 15.3. The maximum Gasteiger partial charge on any atom is 0.233 e. The highest BCUT2D eigenvalue weighted by molar-refractivity contribution is 5.86. The Balaban J connectivity index is 1.53. The van der Waals surface area contributed by atoms with Crippen molar-refractivity contribution in [2.45, 2.75) is 19.4 Å². The minimum atomic E-state index is -0.377. The van der Waals surface area contributed by atoms with E-state index in [0.29, 0.717) is 24.5 Å². The molecule has 27 heavy (non-hydrogen) atoms. The molecule has 1 amide bonds. The van der Waals surface area contributed by atoms with E-state index < -0.39 is 0 Å². The lowest BCUT2D eigenvalue weighted by Crippen LogP contribution is -2.37. The molecule has 0 radical (unpaired) electrons. The Hall–Kier alpha value is -3.14. The van der Waals surface area contributed by atoms with Gasteiger partial charge in [-0.2, -0.15) is 5.26 Å². The van der Waals surface area contributed by atoms with Crippen LogP contribution in [0.5, 0.6) is 5.88 Å². The van der Waals surface area contributed by atoms with Crippen molar-refractivity contribution in [2.75, 3.05) is 31.6 Å². The molecule has 2 saturated heterocycles. The number of aromatic nitrogens is 2. The molecule has 2 aromatic heterocycles. The molecule has 7 heteroatoms. The summed E-state index contributed by atoms with van der Waals surface area (Å²) in [6.07, 6.45) is 5.02. The molecule has 1 spiro atoms. The van der Waals surface area contributed by atoms with Crippen molar-refractivity contribution in [2.24, 2.45) is 5.41 Å². The Morgan fingerprint density at radius 1 is 1.22 bits per heavy atom. The molecule has 138 valence electrons. The standard InChI is InChI=1S/C20H21N5O2/c1-27-18-16(12-21)17(5-9-23-18)25-11-7-20(14-25)6-10-24(19(20)26)13-15-4-2-3-8-22-15/h2-5,8-9H,6-7,10-11,13-14H2,1H3. The van der Waals surface area contributed by atoms with Gasteiger partial charge in [-0.25, -0.2) is 4.98 Å². The summed E-state index contributed by atoms with van der Waals surface area (Å²) in [7, 11) is 1.51. The van der Waals surface area contributed by atoms with Crippen molar-refractivity contribution in [3.63, 3.8) is 0 Å².